The molecule has 1 amide bonds. The molecule has 9 nitrogen and oxygen atoms in total. The van der Waals surface area contributed by atoms with E-state index in [1.807, 2.05) is 18.2 Å². The van der Waals surface area contributed by atoms with Crippen LogP contribution in [0.3, 0.4) is 0 Å². The van der Waals surface area contributed by atoms with Crippen molar-refractivity contribution in [2.45, 2.75) is 6.54 Å². The SMILES string of the molecule is COc1ccc(Cl)cc1N1CCN(c2ncc(C(=O)NCc3ccco3)c(OC)n2)CC1. The molecule has 1 N–H and O–H groups in total. The van der Waals surface area contributed by atoms with Crippen molar-refractivity contribution in [3.8, 4) is 11.6 Å². The van der Waals surface area contributed by atoms with E-state index < -0.39 is 0 Å². The highest BCUT2D eigenvalue weighted by Crippen LogP contribution is 2.32. The Kier molecular flexibility index (Phi) is 6.65. The molecule has 3 aromatic rings. The number of hydrogen-bond donors (Lipinski definition) is 1. The van der Waals surface area contributed by atoms with E-state index in [4.69, 9.17) is 25.5 Å². The molecule has 32 heavy (non-hydrogen) atoms. The maximum absolute atomic E-state index is 12.5. The van der Waals surface area contributed by atoms with Crippen LogP contribution < -0.4 is 24.6 Å². The van der Waals surface area contributed by atoms with Gasteiger partial charge in [0.05, 0.1) is 32.7 Å². The molecule has 0 spiro atoms. The number of rotatable bonds is 7. The standard InChI is InChI=1S/C22H24ClN5O4/c1-30-19-6-5-15(23)12-18(19)27-7-9-28(10-8-27)22-25-14-17(21(26-22)31-2)20(29)24-13-16-4-3-11-32-16/h3-6,11-12,14H,7-10,13H2,1-2H3,(H,24,29). The number of carbonyl (C=O) groups excluding carboxylic acids is 1. The molecule has 0 bridgehead atoms. The van der Waals surface area contributed by atoms with Gasteiger partial charge in [0, 0.05) is 37.4 Å². The van der Waals surface area contributed by atoms with Crippen molar-refractivity contribution in [2.24, 2.45) is 0 Å². The van der Waals surface area contributed by atoms with E-state index in [0.717, 1.165) is 24.5 Å². The normalized spacial score (nSPS) is 13.7. The number of carbonyl (C=O) groups is 1. The first-order chi connectivity index (χ1) is 15.6. The monoisotopic (exact) mass is 457 g/mol. The lowest BCUT2D eigenvalue weighted by Gasteiger charge is -2.36. The molecule has 0 saturated carbocycles. The number of furan rings is 1. The predicted octanol–water partition coefficient (Wildman–Crippen LogP) is 3.00. The molecule has 1 fully saturated rings. The Hall–Kier alpha value is -3.46. The second-order valence-corrected chi connectivity index (χ2v) is 7.58. The highest BCUT2D eigenvalue weighted by molar-refractivity contribution is 6.30. The number of hydrogen-bond acceptors (Lipinski definition) is 8. The van der Waals surface area contributed by atoms with Gasteiger partial charge in [-0.05, 0) is 30.3 Å². The number of nitrogens with zero attached hydrogens (tertiary/aromatic N) is 4. The lowest BCUT2D eigenvalue weighted by molar-refractivity contribution is 0.0944. The summed E-state index contributed by atoms with van der Waals surface area (Å²) in [5.74, 6) is 1.85. The summed E-state index contributed by atoms with van der Waals surface area (Å²) in [7, 11) is 3.13. The van der Waals surface area contributed by atoms with Gasteiger partial charge in [-0.15, -0.1) is 0 Å². The summed E-state index contributed by atoms with van der Waals surface area (Å²) >= 11 is 6.18. The summed E-state index contributed by atoms with van der Waals surface area (Å²) in [5.41, 5.74) is 1.23. The number of anilines is 2. The Morgan fingerprint density at radius 1 is 1.16 bits per heavy atom. The molecule has 0 aliphatic carbocycles. The fraction of sp³-hybridized carbons (Fsp3) is 0.318. The van der Waals surface area contributed by atoms with Gasteiger partial charge in [0.1, 0.15) is 17.1 Å². The van der Waals surface area contributed by atoms with E-state index in [9.17, 15) is 4.79 Å². The molecule has 1 saturated heterocycles. The van der Waals surface area contributed by atoms with Crippen LogP contribution in [0, 0.1) is 0 Å². The van der Waals surface area contributed by atoms with Crippen molar-refractivity contribution in [3.63, 3.8) is 0 Å². The minimum atomic E-state index is -0.331. The number of ether oxygens (including phenoxy) is 2. The van der Waals surface area contributed by atoms with Gasteiger partial charge in [0.2, 0.25) is 11.8 Å². The molecule has 168 valence electrons. The van der Waals surface area contributed by atoms with Crippen LogP contribution in [-0.2, 0) is 6.54 Å². The van der Waals surface area contributed by atoms with Gasteiger partial charge < -0.3 is 29.0 Å². The summed E-state index contributed by atoms with van der Waals surface area (Å²) in [6.07, 6.45) is 3.05. The first-order valence-corrected chi connectivity index (χ1v) is 10.5. The smallest absolute Gasteiger partial charge is 0.258 e. The Labute approximate surface area is 190 Å². The van der Waals surface area contributed by atoms with E-state index in [1.54, 1.807) is 25.5 Å². The number of benzene rings is 1. The van der Waals surface area contributed by atoms with Crippen LogP contribution in [0.5, 0.6) is 11.6 Å². The molecule has 1 aliphatic heterocycles. The molecule has 4 rings (SSSR count). The van der Waals surface area contributed by atoms with Gasteiger partial charge in [-0.1, -0.05) is 11.6 Å². The van der Waals surface area contributed by atoms with Crippen LogP contribution >= 0.6 is 11.6 Å². The summed E-state index contributed by atoms with van der Waals surface area (Å²) in [6, 6.07) is 9.14. The maximum Gasteiger partial charge on any atom is 0.258 e. The van der Waals surface area contributed by atoms with Crippen LogP contribution in [0.15, 0.2) is 47.2 Å². The third-order valence-electron chi connectivity index (χ3n) is 5.23. The van der Waals surface area contributed by atoms with Crippen molar-refractivity contribution >= 4 is 29.1 Å². The quantitative estimate of drug-likeness (QED) is 0.578. The highest BCUT2D eigenvalue weighted by atomic mass is 35.5. The third kappa shape index (κ3) is 4.72. The number of halogens is 1. The van der Waals surface area contributed by atoms with Crippen molar-refractivity contribution in [2.75, 3.05) is 50.2 Å². The van der Waals surface area contributed by atoms with E-state index in [1.165, 1.54) is 13.3 Å². The molecule has 10 heteroatoms. The molecule has 2 aromatic heterocycles. The zero-order valence-corrected chi connectivity index (χ0v) is 18.6. The molecular weight excluding hydrogens is 434 g/mol. The van der Waals surface area contributed by atoms with E-state index >= 15 is 0 Å². The summed E-state index contributed by atoms with van der Waals surface area (Å²) < 4.78 is 16.1. The zero-order valence-electron chi connectivity index (χ0n) is 17.9. The van der Waals surface area contributed by atoms with E-state index in [2.05, 4.69) is 25.1 Å². The van der Waals surface area contributed by atoms with Gasteiger partial charge in [0.25, 0.3) is 5.91 Å². The summed E-state index contributed by atoms with van der Waals surface area (Å²) in [5, 5.41) is 3.44. The Bertz CT molecular complexity index is 1070. The van der Waals surface area contributed by atoms with Crippen LogP contribution in [0.1, 0.15) is 16.1 Å². The minimum Gasteiger partial charge on any atom is -0.495 e. The molecule has 0 atom stereocenters. The molecule has 3 heterocycles. The van der Waals surface area contributed by atoms with Crippen molar-refractivity contribution in [3.05, 3.63) is 59.1 Å². The highest BCUT2D eigenvalue weighted by Gasteiger charge is 2.24. The van der Waals surface area contributed by atoms with Crippen molar-refractivity contribution < 1.29 is 18.7 Å². The van der Waals surface area contributed by atoms with Gasteiger partial charge in [0.15, 0.2) is 0 Å². The second-order valence-electron chi connectivity index (χ2n) is 7.15. The summed E-state index contributed by atoms with van der Waals surface area (Å²) in [6.45, 7) is 3.15. The minimum absolute atomic E-state index is 0.228. The Morgan fingerprint density at radius 3 is 2.62 bits per heavy atom. The van der Waals surface area contributed by atoms with Crippen LogP contribution in [0.2, 0.25) is 5.02 Å². The van der Waals surface area contributed by atoms with E-state index in [0.29, 0.717) is 29.8 Å². The number of aromatic nitrogens is 2. The number of piperazine rings is 1. The average Bonchev–Trinajstić information content (AvgIpc) is 3.36. The number of amides is 1. The topological polar surface area (TPSA) is 93.0 Å². The van der Waals surface area contributed by atoms with Crippen LogP contribution in [0.25, 0.3) is 0 Å². The first-order valence-electron chi connectivity index (χ1n) is 10.1. The lowest BCUT2D eigenvalue weighted by Crippen LogP contribution is -2.47. The van der Waals surface area contributed by atoms with E-state index in [-0.39, 0.29) is 23.9 Å². The number of methoxy groups -OCH3 is 2. The van der Waals surface area contributed by atoms with Gasteiger partial charge >= 0.3 is 0 Å². The predicted molar refractivity (Wildman–Crippen MR) is 121 cm³/mol. The van der Waals surface area contributed by atoms with Gasteiger partial charge in [-0.25, -0.2) is 4.98 Å². The fourth-order valence-electron chi connectivity index (χ4n) is 3.55. The average molecular weight is 458 g/mol. The Balaban J connectivity index is 1.42. The van der Waals surface area contributed by atoms with Crippen LogP contribution in [0.4, 0.5) is 11.6 Å². The number of nitrogens with one attached hydrogen (secondary N) is 1. The Morgan fingerprint density at radius 2 is 1.94 bits per heavy atom. The fourth-order valence-corrected chi connectivity index (χ4v) is 3.72. The molecule has 1 aliphatic rings. The molecule has 0 radical (unpaired) electrons. The molecule has 1 aromatic carbocycles. The third-order valence-corrected chi connectivity index (χ3v) is 5.46. The molecular formula is C22H24ClN5O4. The van der Waals surface area contributed by atoms with Crippen molar-refractivity contribution in [1.82, 2.24) is 15.3 Å². The largest absolute Gasteiger partial charge is 0.495 e. The second kappa shape index (κ2) is 9.78. The van der Waals surface area contributed by atoms with Crippen LogP contribution in [-0.4, -0.2) is 56.3 Å². The summed E-state index contributed by atoms with van der Waals surface area (Å²) in [4.78, 5) is 25.7. The van der Waals surface area contributed by atoms with Crippen molar-refractivity contribution in [1.29, 1.82) is 0 Å². The molecule has 0 unspecified atom stereocenters. The zero-order chi connectivity index (χ0) is 22.5. The first kappa shape index (κ1) is 21.8. The maximum atomic E-state index is 12.5. The van der Waals surface area contributed by atoms with Gasteiger partial charge in [-0.2, -0.15) is 4.98 Å². The lowest BCUT2D eigenvalue weighted by atomic mass is 10.2. The van der Waals surface area contributed by atoms with Gasteiger partial charge in [-0.3, -0.25) is 4.79 Å².